The average Bonchev–Trinajstić information content (AvgIpc) is 2.84. The summed E-state index contributed by atoms with van der Waals surface area (Å²) in [5.41, 5.74) is 0.715. The zero-order valence-electron chi connectivity index (χ0n) is 16.8. The Kier molecular flexibility index (Phi) is 4.87. The molecule has 33 heavy (non-hydrogen) atoms. The third kappa shape index (κ3) is 3.04. The molecule has 0 unspecified atom stereocenters. The molecule has 3 aromatic rings. The molecule has 11 heteroatoms. The molecule has 150 valence electrons. The van der Waals surface area contributed by atoms with Crippen molar-refractivity contribution in [3.05, 3.63) is 39.5 Å². The van der Waals surface area contributed by atoms with E-state index in [2.05, 4.69) is 24.9 Å². The number of rotatable bonds is 0. The van der Waals surface area contributed by atoms with E-state index in [0.717, 1.165) is 0 Å². The predicted molar refractivity (Wildman–Crippen MR) is 111 cm³/mol. The van der Waals surface area contributed by atoms with Gasteiger partial charge in [0.15, 0.2) is 28.5 Å². The van der Waals surface area contributed by atoms with Gasteiger partial charge in [-0.05, 0) is 19.8 Å². The van der Waals surface area contributed by atoms with Gasteiger partial charge in [0.05, 0.1) is 16.8 Å². The Balaban J connectivity index is 2.33. The maximum Gasteiger partial charge on any atom is 0.177 e. The molecule has 4 rings (SSSR count). The van der Waals surface area contributed by atoms with Crippen molar-refractivity contribution >= 4 is 33.5 Å². The molecule has 0 spiro atoms. The first kappa shape index (κ1) is 20.5. The van der Waals surface area contributed by atoms with Crippen LogP contribution in [0.15, 0.2) is 16.1 Å². The Labute approximate surface area is 186 Å². The maximum absolute atomic E-state index is 9.67. The van der Waals surface area contributed by atoms with E-state index in [9.17, 15) is 31.6 Å². The fourth-order valence-corrected chi connectivity index (χ4v) is 3.54. The molecular formula is C22H7N11. The highest BCUT2D eigenvalue weighted by molar-refractivity contribution is 6.18. The van der Waals surface area contributed by atoms with Crippen molar-refractivity contribution in [2.24, 2.45) is 4.99 Å². The highest BCUT2D eigenvalue weighted by atomic mass is 14.9. The van der Waals surface area contributed by atoms with Crippen molar-refractivity contribution in [3.63, 3.8) is 0 Å². The summed E-state index contributed by atoms with van der Waals surface area (Å²) >= 11 is 0. The van der Waals surface area contributed by atoms with Crippen LogP contribution in [0.5, 0.6) is 0 Å². The van der Waals surface area contributed by atoms with Crippen LogP contribution in [0.3, 0.4) is 0 Å². The zero-order valence-corrected chi connectivity index (χ0v) is 16.8. The van der Waals surface area contributed by atoms with Crippen LogP contribution in [0.2, 0.25) is 0 Å². The van der Waals surface area contributed by atoms with Gasteiger partial charge in [-0.1, -0.05) is 5.57 Å². The molecule has 0 bridgehead atoms. The number of allylic oxidation sites excluding steroid dienone is 2. The summed E-state index contributed by atoms with van der Waals surface area (Å²) in [5.74, 6) is 0. The van der Waals surface area contributed by atoms with Crippen LogP contribution in [-0.2, 0) is 6.42 Å². The van der Waals surface area contributed by atoms with Gasteiger partial charge >= 0.3 is 0 Å². The zero-order chi connectivity index (χ0) is 23.7. The van der Waals surface area contributed by atoms with Gasteiger partial charge in [-0.15, -0.1) is 0 Å². The SMILES string of the molecule is C/C1=C(/C#N)C(C#N)=Nc2c(c3nc(C#N)c(C#N)nc3c3nc(C#N)c(C#N)nc23)CC1. The predicted octanol–water partition coefficient (Wildman–Crippen LogP) is 2.44. The number of aliphatic imine (C=N–C) groups is 1. The Bertz CT molecular complexity index is 1730. The molecule has 2 aromatic heterocycles. The van der Waals surface area contributed by atoms with Crippen molar-refractivity contribution in [2.75, 3.05) is 0 Å². The van der Waals surface area contributed by atoms with Gasteiger partial charge in [-0.3, -0.25) is 0 Å². The molecule has 11 nitrogen and oxygen atoms in total. The number of nitriles is 6. The second kappa shape index (κ2) is 7.82. The molecule has 1 aliphatic rings. The Morgan fingerprint density at radius 3 is 1.55 bits per heavy atom. The van der Waals surface area contributed by atoms with Crippen molar-refractivity contribution in [2.45, 2.75) is 19.8 Å². The molecule has 0 fully saturated rings. The van der Waals surface area contributed by atoms with Crippen LogP contribution < -0.4 is 0 Å². The van der Waals surface area contributed by atoms with E-state index >= 15 is 0 Å². The molecule has 0 aliphatic carbocycles. The number of hydrogen-bond donors (Lipinski definition) is 0. The highest BCUT2D eigenvalue weighted by Crippen LogP contribution is 2.38. The lowest BCUT2D eigenvalue weighted by Crippen LogP contribution is -2.09. The summed E-state index contributed by atoms with van der Waals surface area (Å²) in [6.07, 6.45) is 0.672. The molecule has 3 heterocycles. The largest absolute Gasteiger partial charge is 0.234 e. The van der Waals surface area contributed by atoms with E-state index in [1.165, 1.54) is 0 Å². The summed E-state index contributed by atoms with van der Waals surface area (Å²) < 4.78 is 0. The number of fused-ring (bicyclic) bond motifs is 6. The average molecular weight is 425 g/mol. The third-order valence-corrected chi connectivity index (χ3v) is 5.09. The summed E-state index contributed by atoms with van der Waals surface area (Å²) in [7, 11) is 0. The molecular weight excluding hydrogens is 418 g/mol. The van der Waals surface area contributed by atoms with Gasteiger partial charge in [0.2, 0.25) is 0 Å². The summed E-state index contributed by atoms with van der Waals surface area (Å²) in [6, 6.07) is 11.2. The van der Waals surface area contributed by atoms with Crippen molar-refractivity contribution in [3.8, 4) is 36.4 Å². The molecule has 0 saturated heterocycles. The molecule has 0 radical (unpaired) electrons. The van der Waals surface area contributed by atoms with Crippen LogP contribution >= 0.6 is 0 Å². The number of aryl methyl sites for hydroxylation is 1. The fourth-order valence-electron chi connectivity index (χ4n) is 3.54. The number of aromatic nitrogens is 4. The van der Waals surface area contributed by atoms with Gasteiger partial charge < -0.3 is 0 Å². The lowest BCUT2D eigenvalue weighted by atomic mass is 9.94. The van der Waals surface area contributed by atoms with Crippen LogP contribution in [0.25, 0.3) is 22.1 Å². The smallest absolute Gasteiger partial charge is 0.177 e. The minimum atomic E-state index is -0.264. The molecule has 0 N–H and O–H groups in total. The number of nitrogens with zero attached hydrogens (tertiary/aromatic N) is 11. The fraction of sp³-hybridized carbons (Fsp3) is 0.136. The van der Waals surface area contributed by atoms with Crippen LogP contribution in [0.1, 0.15) is 41.7 Å². The van der Waals surface area contributed by atoms with Gasteiger partial charge in [0.25, 0.3) is 0 Å². The molecule has 1 aliphatic heterocycles. The minimum absolute atomic E-state index is 0.0358. The van der Waals surface area contributed by atoms with Gasteiger partial charge in [0, 0.05) is 5.56 Å². The summed E-state index contributed by atoms with van der Waals surface area (Å²) in [4.78, 5) is 21.4. The molecule has 0 atom stereocenters. The van der Waals surface area contributed by atoms with E-state index in [4.69, 9.17) is 0 Å². The Morgan fingerprint density at radius 2 is 1.06 bits per heavy atom. The number of benzene rings is 1. The van der Waals surface area contributed by atoms with E-state index in [1.54, 1.807) is 13.0 Å². The van der Waals surface area contributed by atoms with Gasteiger partial charge in [-0.25, -0.2) is 24.9 Å². The minimum Gasteiger partial charge on any atom is -0.234 e. The van der Waals surface area contributed by atoms with Crippen molar-refractivity contribution < 1.29 is 0 Å². The molecule has 0 amide bonds. The van der Waals surface area contributed by atoms with E-state index < -0.39 is 0 Å². The summed E-state index contributed by atoms with van der Waals surface area (Å²) in [5, 5.41) is 56.9. The van der Waals surface area contributed by atoms with Crippen LogP contribution in [-0.4, -0.2) is 25.6 Å². The summed E-state index contributed by atoms with van der Waals surface area (Å²) in [6.45, 7) is 1.71. The van der Waals surface area contributed by atoms with Gasteiger partial charge in [0.1, 0.15) is 53.0 Å². The van der Waals surface area contributed by atoms with Crippen molar-refractivity contribution in [1.82, 2.24) is 19.9 Å². The van der Waals surface area contributed by atoms with E-state index in [0.29, 0.717) is 24.0 Å². The molecule has 0 saturated carbocycles. The second-order valence-corrected chi connectivity index (χ2v) is 6.85. The second-order valence-electron chi connectivity index (χ2n) is 6.85. The normalized spacial score (nSPS) is 14.8. The van der Waals surface area contributed by atoms with Crippen molar-refractivity contribution in [1.29, 1.82) is 31.6 Å². The third-order valence-electron chi connectivity index (χ3n) is 5.09. The Morgan fingerprint density at radius 1 is 0.576 bits per heavy atom. The molecule has 1 aromatic carbocycles. The first-order valence-electron chi connectivity index (χ1n) is 9.28. The van der Waals surface area contributed by atoms with Crippen LogP contribution in [0, 0.1) is 68.0 Å². The first-order valence-corrected chi connectivity index (χ1v) is 9.28. The first-order chi connectivity index (χ1) is 16.0. The quantitative estimate of drug-likeness (QED) is 0.480. The number of hydrogen-bond acceptors (Lipinski definition) is 11. The van der Waals surface area contributed by atoms with E-state index in [-0.39, 0.29) is 61.8 Å². The highest BCUT2D eigenvalue weighted by Gasteiger charge is 2.25. The standard InChI is InChI=1S/C22H7N11/c1-10-2-3-11-18(29-13(5-24)12(10)4-23)20-22(33-17(9-28)16(8-27)32-20)21-19(11)30-14(6-25)15(7-26)31-21/h2-3H2,1H3/b12-10+,29-13?. The lowest BCUT2D eigenvalue weighted by molar-refractivity contribution is 0.935. The van der Waals surface area contributed by atoms with Crippen LogP contribution in [0.4, 0.5) is 5.69 Å². The van der Waals surface area contributed by atoms with Gasteiger partial charge in [-0.2, -0.15) is 31.6 Å². The Hall–Kier alpha value is -5.75. The topological polar surface area (TPSA) is 207 Å². The lowest BCUT2D eigenvalue weighted by Gasteiger charge is -2.16. The monoisotopic (exact) mass is 425 g/mol. The maximum atomic E-state index is 9.67. The van der Waals surface area contributed by atoms with E-state index in [1.807, 2.05) is 30.3 Å².